The second kappa shape index (κ2) is 6.53. The molecule has 3 rings (SSSR count). The summed E-state index contributed by atoms with van der Waals surface area (Å²) in [6.45, 7) is 2.08. The van der Waals surface area contributed by atoms with Gasteiger partial charge in [-0.1, -0.05) is 31.6 Å². The van der Waals surface area contributed by atoms with E-state index in [0.29, 0.717) is 18.4 Å². The smallest absolute Gasteiger partial charge is 0.165 e. The summed E-state index contributed by atoms with van der Waals surface area (Å²) in [6, 6.07) is 8.68. The molecule has 23 heavy (non-hydrogen) atoms. The molecule has 0 atom stereocenters. The van der Waals surface area contributed by atoms with Gasteiger partial charge in [-0.05, 0) is 59.7 Å². The van der Waals surface area contributed by atoms with Crippen molar-refractivity contribution >= 4 is 5.57 Å². The molecule has 0 saturated heterocycles. The summed E-state index contributed by atoms with van der Waals surface area (Å²) in [5.74, 6) is -0.304. The second-order valence-electron chi connectivity index (χ2n) is 5.93. The number of hydrogen-bond acceptors (Lipinski definition) is 1. The highest BCUT2D eigenvalue weighted by Crippen LogP contribution is 2.32. The minimum absolute atomic E-state index is 0.195. The van der Waals surface area contributed by atoms with Crippen molar-refractivity contribution in [2.24, 2.45) is 0 Å². The van der Waals surface area contributed by atoms with Crippen LogP contribution in [0, 0.1) is 11.6 Å². The lowest BCUT2D eigenvalue weighted by molar-refractivity contribution is 0.385. The van der Waals surface area contributed by atoms with Crippen LogP contribution in [0.25, 0.3) is 5.57 Å². The molecule has 0 aromatic heterocycles. The summed E-state index contributed by atoms with van der Waals surface area (Å²) in [7, 11) is 1.46. The van der Waals surface area contributed by atoms with Gasteiger partial charge in [0.1, 0.15) is 5.82 Å². The highest BCUT2D eigenvalue weighted by molar-refractivity contribution is 5.71. The summed E-state index contributed by atoms with van der Waals surface area (Å²) in [6.07, 6.45) is 5.11. The van der Waals surface area contributed by atoms with Crippen molar-refractivity contribution < 1.29 is 13.5 Å². The average molecular weight is 314 g/mol. The zero-order valence-corrected chi connectivity index (χ0v) is 13.5. The molecule has 0 radical (unpaired) electrons. The molecule has 0 unspecified atom stereocenters. The number of methoxy groups -OCH3 is 1. The van der Waals surface area contributed by atoms with E-state index in [4.69, 9.17) is 4.74 Å². The monoisotopic (exact) mass is 314 g/mol. The molecule has 1 aliphatic carbocycles. The van der Waals surface area contributed by atoms with Crippen LogP contribution in [-0.4, -0.2) is 7.11 Å². The number of aryl methyl sites for hydroxylation is 1. The Labute approximate surface area is 135 Å². The van der Waals surface area contributed by atoms with Crippen molar-refractivity contribution in [1.29, 1.82) is 0 Å². The minimum Gasteiger partial charge on any atom is -0.494 e. The zero-order valence-electron chi connectivity index (χ0n) is 13.5. The predicted molar refractivity (Wildman–Crippen MR) is 88.7 cm³/mol. The first-order valence-corrected chi connectivity index (χ1v) is 7.95. The van der Waals surface area contributed by atoms with E-state index in [2.05, 4.69) is 6.92 Å². The van der Waals surface area contributed by atoms with Gasteiger partial charge in [0, 0.05) is 5.56 Å². The van der Waals surface area contributed by atoms with E-state index in [1.54, 1.807) is 12.1 Å². The van der Waals surface area contributed by atoms with E-state index in [9.17, 15) is 8.78 Å². The Kier molecular flexibility index (Phi) is 4.46. The molecule has 3 heteroatoms. The van der Waals surface area contributed by atoms with Crippen molar-refractivity contribution in [2.45, 2.75) is 32.6 Å². The molecule has 0 fully saturated rings. The molecule has 1 nitrogen and oxygen atoms in total. The first-order chi connectivity index (χ1) is 11.1. The molecule has 2 aromatic carbocycles. The molecule has 0 bridgehead atoms. The Morgan fingerprint density at radius 1 is 1.04 bits per heavy atom. The van der Waals surface area contributed by atoms with Crippen LogP contribution in [0.2, 0.25) is 0 Å². The number of halogens is 2. The largest absolute Gasteiger partial charge is 0.494 e. The quantitative estimate of drug-likeness (QED) is 0.762. The van der Waals surface area contributed by atoms with E-state index >= 15 is 0 Å². The van der Waals surface area contributed by atoms with Gasteiger partial charge in [0.05, 0.1) is 7.11 Å². The Bertz CT molecular complexity index is 762. The maximum atomic E-state index is 14.4. The minimum atomic E-state index is -0.369. The summed E-state index contributed by atoms with van der Waals surface area (Å²) in [4.78, 5) is 0. The van der Waals surface area contributed by atoms with Gasteiger partial charge in [-0.2, -0.15) is 0 Å². The molecule has 0 spiro atoms. The predicted octanol–water partition coefficient (Wildman–Crippen LogP) is 5.11. The normalized spacial score (nSPS) is 13.5. The van der Waals surface area contributed by atoms with Crippen LogP contribution in [0.1, 0.15) is 35.6 Å². The van der Waals surface area contributed by atoms with Crippen LogP contribution in [0.15, 0.2) is 36.4 Å². The van der Waals surface area contributed by atoms with Crippen molar-refractivity contribution in [1.82, 2.24) is 0 Å². The van der Waals surface area contributed by atoms with Crippen LogP contribution in [0.4, 0.5) is 8.78 Å². The molecule has 0 heterocycles. The Morgan fingerprint density at radius 2 is 1.87 bits per heavy atom. The molecule has 0 N–H and O–H groups in total. The topological polar surface area (TPSA) is 9.23 Å². The van der Waals surface area contributed by atoms with Crippen molar-refractivity contribution in [2.75, 3.05) is 7.11 Å². The molecule has 0 saturated carbocycles. The van der Waals surface area contributed by atoms with Crippen LogP contribution >= 0.6 is 0 Å². The van der Waals surface area contributed by atoms with Crippen molar-refractivity contribution in [3.05, 3.63) is 70.3 Å². The van der Waals surface area contributed by atoms with Gasteiger partial charge < -0.3 is 4.74 Å². The first-order valence-electron chi connectivity index (χ1n) is 7.95. The van der Waals surface area contributed by atoms with E-state index in [-0.39, 0.29) is 17.4 Å². The van der Waals surface area contributed by atoms with Gasteiger partial charge in [-0.15, -0.1) is 0 Å². The second-order valence-corrected chi connectivity index (χ2v) is 5.93. The van der Waals surface area contributed by atoms with Gasteiger partial charge in [0.25, 0.3) is 0 Å². The van der Waals surface area contributed by atoms with Crippen LogP contribution in [-0.2, 0) is 19.3 Å². The maximum absolute atomic E-state index is 14.4. The fourth-order valence-corrected chi connectivity index (χ4v) is 3.13. The van der Waals surface area contributed by atoms with Gasteiger partial charge in [0.15, 0.2) is 11.6 Å². The van der Waals surface area contributed by atoms with Crippen LogP contribution in [0.3, 0.4) is 0 Å². The highest BCUT2D eigenvalue weighted by Gasteiger charge is 2.18. The average Bonchev–Trinajstić information content (AvgIpc) is 2.54. The third kappa shape index (κ3) is 3.14. The molecule has 120 valence electrons. The molecule has 2 aromatic rings. The third-order valence-corrected chi connectivity index (χ3v) is 4.34. The molecule has 0 amide bonds. The van der Waals surface area contributed by atoms with Gasteiger partial charge >= 0.3 is 0 Å². The fourth-order valence-electron chi connectivity index (χ4n) is 3.13. The molecular formula is C20H20F2O. The van der Waals surface area contributed by atoms with Gasteiger partial charge in [-0.3, -0.25) is 0 Å². The Morgan fingerprint density at radius 3 is 2.57 bits per heavy atom. The Hall–Kier alpha value is -2.16. The number of fused-ring (bicyclic) bond motifs is 1. The molecular weight excluding hydrogens is 294 g/mol. The Balaban J connectivity index is 1.90. The van der Waals surface area contributed by atoms with Crippen molar-refractivity contribution in [3.63, 3.8) is 0 Å². The third-order valence-electron chi connectivity index (χ3n) is 4.34. The van der Waals surface area contributed by atoms with Gasteiger partial charge in [0.2, 0.25) is 0 Å². The number of ether oxygens (including phenoxy) is 1. The number of benzene rings is 2. The van der Waals surface area contributed by atoms with E-state index < -0.39 is 0 Å². The number of rotatable bonds is 4. The van der Waals surface area contributed by atoms with Crippen molar-refractivity contribution in [3.8, 4) is 5.75 Å². The fraction of sp³-hybridized carbons (Fsp3) is 0.300. The molecule has 0 aliphatic heterocycles. The summed E-state index contributed by atoms with van der Waals surface area (Å²) in [5, 5.41) is 0. The highest BCUT2D eigenvalue weighted by atomic mass is 19.1. The van der Waals surface area contributed by atoms with Crippen LogP contribution < -0.4 is 4.74 Å². The van der Waals surface area contributed by atoms with E-state index in [0.717, 1.165) is 35.1 Å². The van der Waals surface area contributed by atoms with Crippen LogP contribution in [0.5, 0.6) is 5.75 Å². The maximum Gasteiger partial charge on any atom is 0.165 e. The standard InChI is InChI=1S/C20H20F2O/c1-3-4-13-5-8-17(18(21)9-13)15-7-6-14-12-20(23-2)19(22)11-16(14)10-15/h5,7-9,11-12H,3-4,6,10H2,1-2H3. The lowest BCUT2D eigenvalue weighted by Gasteiger charge is -2.19. The van der Waals surface area contributed by atoms with E-state index in [1.165, 1.54) is 13.2 Å². The lowest BCUT2D eigenvalue weighted by Crippen LogP contribution is -2.06. The summed E-state index contributed by atoms with van der Waals surface area (Å²) in [5.41, 5.74) is 4.49. The summed E-state index contributed by atoms with van der Waals surface area (Å²) >= 11 is 0. The van der Waals surface area contributed by atoms with E-state index in [1.807, 2.05) is 18.2 Å². The molecule has 1 aliphatic rings. The SMILES string of the molecule is CCCc1ccc(C2=CCc3cc(OC)c(F)cc3C2)c(F)c1. The lowest BCUT2D eigenvalue weighted by atomic mass is 9.87. The first kappa shape index (κ1) is 15.7. The van der Waals surface area contributed by atoms with Gasteiger partial charge in [-0.25, -0.2) is 8.78 Å². The number of hydrogen-bond donors (Lipinski definition) is 0. The summed E-state index contributed by atoms with van der Waals surface area (Å²) < 4.78 is 33.3. The number of allylic oxidation sites excluding steroid dienone is 2. The zero-order chi connectivity index (χ0) is 16.4.